The molecule has 0 saturated heterocycles. The second kappa shape index (κ2) is 5.72. The van der Waals surface area contributed by atoms with E-state index in [0.29, 0.717) is 12.0 Å². The molecule has 1 saturated carbocycles. The van der Waals surface area contributed by atoms with Crippen LogP contribution in [0.4, 0.5) is 0 Å². The number of likely N-dealkylation sites (N-methyl/N-ethyl adjacent to an activating group) is 1. The summed E-state index contributed by atoms with van der Waals surface area (Å²) in [7, 11) is 2.09. The van der Waals surface area contributed by atoms with Crippen LogP contribution in [0.2, 0.25) is 0 Å². The molecule has 1 aliphatic carbocycles. The van der Waals surface area contributed by atoms with Gasteiger partial charge in [-0.3, -0.25) is 0 Å². The summed E-state index contributed by atoms with van der Waals surface area (Å²) in [5.41, 5.74) is 0. The molecule has 0 heterocycles. The third-order valence-corrected chi connectivity index (χ3v) is 3.55. The molecule has 0 amide bonds. The summed E-state index contributed by atoms with van der Waals surface area (Å²) in [6.45, 7) is 5.18. The zero-order valence-electron chi connectivity index (χ0n) is 9.87. The van der Waals surface area contributed by atoms with E-state index in [4.69, 9.17) is 0 Å². The maximum atomic E-state index is 10.1. The molecule has 1 aliphatic rings. The van der Waals surface area contributed by atoms with Crippen molar-refractivity contribution in [3.8, 4) is 0 Å². The Bertz CT molecular complexity index is 152. The van der Waals surface area contributed by atoms with Crippen LogP contribution in [-0.2, 0) is 0 Å². The highest BCUT2D eigenvalue weighted by Gasteiger charge is 2.23. The van der Waals surface area contributed by atoms with Crippen molar-refractivity contribution < 1.29 is 5.11 Å². The first-order chi connectivity index (χ1) is 6.61. The van der Waals surface area contributed by atoms with Crippen molar-refractivity contribution in [3.05, 3.63) is 0 Å². The first kappa shape index (κ1) is 12.0. The Morgan fingerprint density at radius 3 is 2.29 bits per heavy atom. The standard InChI is InChI=1S/C12H25NO/c1-10(2)13(3)9-12(14)11-7-5-4-6-8-11/h10-12,14H,4-9H2,1-3H3. The summed E-state index contributed by atoms with van der Waals surface area (Å²) in [5.74, 6) is 0.560. The van der Waals surface area contributed by atoms with Gasteiger partial charge in [-0.05, 0) is 39.7 Å². The lowest BCUT2D eigenvalue weighted by molar-refractivity contribution is 0.0472. The van der Waals surface area contributed by atoms with E-state index in [1.807, 2.05) is 0 Å². The molecule has 0 aliphatic heterocycles. The van der Waals surface area contributed by atoms with E-state index < -0.39 is 0 Å². The Labute approximate surface area is 88.3 Å². The lowest BCUT2D eigenvalue weighted by atomic mass is 9.85. The lowest BCUT2D eigenvalue weighted by Gasteiger charge is -2.31. The van der Waals surface area contributed by atoms with Gasteiger partial charge in [-0.15, -0.1) is 0 Å². The summed E-state index contributed by atoms with van der Waals surface area (Å²) in [4.78, 5) is 2.24. The third-order valence-electron chi connectivity index (χ3n) is 3.55. The molecule has 1 fully saturated rings. The summed E-state index contributed by atoms with van der Waals surface area (Å²) >= 11 is 0. The van der Waals surface area contributed by atoms with Gasteiger partial charge in [-0.2, -0.15) is 0 Å². The van der Waals surface area contributed by atoms with Crippen molar-refractivity contribution in [1.82, 2.24) is 4.90 Å². The molecule has 2 nitrogen and oxygen atoms in total. The fraction of sp³-hybridized carbons (Fsp3) is 1.00. The van der Waals surface area contributed by atoms with Crippen LogP contribution in [0.5, 0.6) is 0 Å². The highest BCUT2D eigenvalue weighted by atomic mass is 16.3. The van der Waals surface area contributed by atoms with E-state index in [2.05, 4.69) is 25.8 Å². The number of aliphatic hydroxyl groups excluding tert-OH is 1. The van der Waals surface area contributed by atoms with Gasteiger partial charge < -0.3 is 10.0 Å². The molecule has 0 bridgehead atoms. The quantitative estimate of drug-likeness (QED) is 0.751. The number of hydrogen-bond acceptors (Lipinski definition) is 2. The Hall–Kier alpha value is -0.0800. The van der Waals surface area contributed by atoms with Gasteiger partial charge in [0.1, 0.15) is 0 Å². The Kier molecular flexibility index (Phi) is 4.90. The molecule has 1 N–H and O–H groups in total. The molecular formula is C12H25NO. The second-order valence-electron chi connectivity index (χ2n) is 5.00. The van der Waals surface area contributed by atoms with Crippen LogP contribution in [0.3, 0.4) is 0 Å². The first-order valence-corrected chi connectivity index (χ1v) is 5.99. The van der Waals surface area contributed by atoms with Crippen LogP contribution >= 0.6 is 0 Å². The molecule has 14 heavy (non-hydrogen) atoms. The average molecular weight is 199 g/mol. The van der Waals surface area contributed by atoms with Crippen molar-refractivity contribution in [2.24, 2.45) is 5.92 Å². The molecule has 1 atom stereocenters. The molecule has 0 spiro atoms. The monoisotopic (exact) mass is 199 g/mol. The normalized spacial score (nSPS) is 21.9. The molecular weight excluding hydrogens is 174 g/mol. The van der Waals surface area contributed by atoms with Crippen LogP contribution in [0, 0.1) is 5.92 Å². The number of hydrogen-bond donors (Lipinski definition) is 1. The van der Waals surface area contributed by atoms with Crippen molar-refractivity contribution in [2.45, 2.75) is 58.1 Å². The van der Waals surface area contributed by atoms with E-state index >= 15 is 0 Å². The predicted molar refractivity (Wildman–Crippen MR) is 60.3 cm³/mol. The van der Waals surface area contributed by atoms with Gasteiger partial charge in [0.25, 0.3) is 0 Å². The zero-order valence-corrected chi connectivity index (χ0v) is 9.87. The van der Waals surface area contributed by atoms with Gasteiger partial charge in [0.15, 0.2) is 0 Å². The fourth-order valence-electron chi connectivity index (χ4n) is 2.17. The maximum absolute atomic E-state index is 10.1. The van der Waals surface area contributed by atoms with E-state index in [1.54, 1.807) is 0 Å². The summed E-state index contributed by atoms with van der Waals surface area (Å²) in [5, 5.41) is 10.1. The Balaban J connectivity index is 2.28. The topological polar surface area (TPSA) is 23.5 Å². The summed E-state index contributed by atoms with van der Waals surface area (Å²) in [6.07, 6.45) is 6.34. The number of aliphatic hydroxyl groups is 1. The van der Waals surface area contributed by atoms with E-state index in [1.165, 1.54) is 32.1 Å². The van der Waals surface area contributed by atoms with Crippen molar-refractivity contribution in [1.29, 1.82) is 0 Å². The molecule has 0 aromatic rings. The lowest BCUT2D eigenvalue weighted by Crippen LogP contribution is -2.38. The molecule has 1 rings (SSSR count). The second-order valence-corrected chi connectivity index (χ2v) is 5.00. The highest BCUT2D eigenvalue weighted by Crippen LogP contribution is 2.26. The minimum Gasteiger partial charge on any atom is -0.392 e. The maximum Gasteiger partial charge on any atom is 0.0695 e. The van der Waals surface area contributed by atoms with Gasteiger partial charge in [-0.1, -0.05) is 19.3 Å². The molecule has 84 valence electrons. The van der Waals surface area contributed by atoms with Gasteiger partial charge in [0, 0.05) is 12.6 Å². The van der Waals surface area contributed by atoms with Crippen LogP contribution in [0.15, 0.2) is 0 Å². The van der Waals surface area contributed by atoms with Crippen LogP contribution in [0.25, 0.3) is 0 Å². The van der Waals surface area contributed by atoms with Gasteiger partial charge >= 0.3 is 0 Å². The third kappa shape index (κ3) is 3.58. The largest absolute Gasteiger partial charge is 0.392 e. The molecule has 1 unspecified atom stereocenters. The molecule has 0 aromatic carbocycles. The Morgan fingerprint density at radius 2 is 1.79 bits per heavy atom. The van der Waals surface area contributed by atoms with Gasteiger partial charge in [0.2, 0.25) is 0 Å². The fourth-order valence-corrected chi connectivity index (χ4v) is 2.17. The van der Waals surface area contributed by atoms with Crippen LogP contribution in [-0.4, -0.2) is 35.7 Å². The highest BCUT2D eigenvalue weighted by molar-refractivity contribution is 4.76. The van der Waals surface area contributed by atoms with Crippen molar-refractivity contribution in [2.75, 3.05) is 13.6 Å². The van der Waals surface area contributed by atoms with Crippen LogP contribution in [0.1, 0.15) is 46.0 Å². The minimum atomic E-state index is -0.109. The Morgan fingerprint density at radius 1 is 1.21 bits per heavy atom. The smallest absolute Gasteiger partial charge is 0.0695 e. The van der Waals surface area contributed by atoms with E-state index in [0.717, 1.165) is 6.54 Å². The summed E-state index contributed by atoms with van der Waals surface area (Å²) in [6, 6.07) is 0.535. The van der Waals surface area contributed by atoms with Crippen LogP contribution < -0.4 is 0 Å². The molecule has 2 heteroatoms. The number of nitrogens with zero attached hydrogens (tertiary/aromatic N) is 1. The van der Waals surface area contributed by atoms with Crippen molar-refractivity contribution >= 4 is 0 Å². The molecule has 0 radical (unpaired) electrons. The van der Waals surface area contributed by atoms with Gasteiger partial charge in [0.05, 0.1) is 6.10 Å². The summed E-state index contributed by atoms with van der Waals surface area (Å²) < 4.78 is 0. The SMILES string of the molecule is CC(C)N(C)CC(O)C1CCCCC1. The zero-order chi connectivity index (χ0) is 10.6. The van der Waals surface area contributed by atoms with E-state index in [9.17, 15) is 5.11 Å². The first-order valence-electron chi connectivity index (χ1n) is 5.99. The van der Waals surface area contributed by atoms with E-state index in [-0.39, 0.29) is 6.10 Å². The number of rotatable bonds is 4. The average Bonchev–Trinajstić information content (AvgIpc) is 2.19. The predicted octanol–water partition coefficient (Wildman–Crippen LogP) is 2.27. The van der Waals surface area contributed by atoms with Gasteiger partial charge in [-0.25, -0.2) is 0 Å². The molecule has 0 aromatic heterocycles. The van der Waals surface area contributed by atoms with Crippen molar-refractivity contribution in [3.63, 3.8) is 0 Å². The minimum absolute atomic E-state index is 0.109.